The van der Waals surface area contributed by atoms with Gasteiger partial charge in [-0.1, -0.05) is 6.92 Å². The van der Waals surface area contributed by atoms with Crippen LogP contribution in [0.5, 0.6) is 0 Å². The van der Waals surface area contributed by atoms with Gasteiger partial charge < -0.3 is 4.74 Å². The number of cyclic esters (lactones) is 1. The van der Waals surface area contributed by atoms with Crippen LogP contribution in [-0.4, -0.2) is 21.6 Å². The van der Waals surface area contributed by atoms with Crippen LogP contribution < -0.4 is 0 Å². The van der Waals surface area contributed by atoms with Gasteiger partial charge in [-0.2, -0.15) is 5.10 Å². The standard InChI is InChI=1S/C11H13N3O2/c1-4-8-6-12-14(3)10(8)5-9-11(15)16-7(2)13-9/h5-6H,4H2,1-3H3/b9-5-. The minimum absolute atomic E-state index is 0.329. The number of aliphatic imine (C=N–C) groups is 1. The quantitative estimate of drug-likeness (QED) is 0.556. The van der Waals surface area contributed by atoms with Crippen molar-refractivity contribution in [2.24, 2.45) is 12.0 Å². The molecule has 0 fully saturated rings. The zero-order valence-electron chi connectivity index (χ0n) is 9.52. The third-order valence-electron chi connectivity index (χ3n) is 2.45. The molecule has 0 unspecified atom stereocenters. The van der Waals surface area contributed by atoms with Crippen LogP contribution in [0.15, 0.2) is 16.9 Å². The molecule has 0 N–H and O–H groups in total. The van der Waals surface area contributed by atoms with Crippen LogP contribution in [0.4, 0.5) is 0 Å². The lowest BCUT2D eigenvalue weighted by molar-refractivity contribution is -0.130. The van der Waals surface area contributed by atoms with Crippen LogP contribution in [0.1, 0.15) is 25.1 Å². The Hall–Kier alpha value is -1.91. The number of ether oxygens (including phenoxy) is 1. The first kappa shape index (κ1) is 10.6. The largest absolute Gasteiger partial charge is 0.407 e. The maximum Gasteiger partial charge on any atom is 0.363 e. The molecule has 0 aromatic carbocycles. The van der Waals surface area contributed by atoms with E-state index >= 15 is 0 Å². The van der Waals surface area contributed by atoms with Gasteiger partial charge >= 0.3 is 5.97 Å². The number of hydrogen-bond donors (Lipinski definition) is 0. The third-order valence-corrected chi connectivity index (χ3v) is 2.45. The summed E-state index contributed by atoms with van der Waals surface area (Å²) in [5.74, 6) is -0.0165. The van der Waals surface area contributed by atoms with E-state index in [1.807, 2.05) is 14.0 Å². The van der Waals surface area contributed by atoms with E-state index in [1.165, 1.54) is 0 Å². The van der Waals surface area contributed by atoms with Crippen molar-refractivity contribution in [1.29, 1.82) is 0 Å². The molecule has 1 aliphatic heterocycles. The molecule has 0 spiro atoms. The van der Waals surface area contributed by atoms with Gasteiger partial charge in [-0.15, -0.1) is 0 Å². The van der Waals surface area contributed by atoms with Crippen molar-refractivity contribution in [3.63, 3.8) is 0 Å². The van der Waals surface area contributed by atoms with Crippen LogP contribution in [0, 0.1) is 0 Å². The first-order chi connectivity index (χ1) is 7.61. The Kier molecular flexibility index (Phi) is 2.60. The summed E-state index contributed by atoms with van der Waals surface area (Å²) in [5, 5.41) is 4.15. The van der Waals surface area contributed by atoms with E-state index < -0.39 is 5.97 Å². The molecule has 84 valence electrons. The molecule has 0 atom stereocenters. The summed E-state index contributed by atoms with van der Waals surface area (Å²) in [6, 6.07) is 0. The van der Waals surface area contributed by atoms with Gasteiger partial charge in [-0.25, -0.2) is 9.79 Å². The summed E-state index contributed by atoms with van der Waals surface area (Å²) in [6.45, 7) is 3.70. The average Bonchev–Trinajstić information content (AvgIpc) is 2.73. The van der Waals surface area contributed by atoms with Gasteiger partial charge in [0.2, 0.25) is 0 Å². The molecule has 0 amide bonds. The van der Waals surface area contributed by atoms with Gasteiger partial charge in [0.25, 0.3) is 0 Å². The molecule has 0 saturated carbocycles. The van der Waals surface area contributed by atoms with E-state index in [-0.39, 0.29) is 0 Å². The van der Waals surface area contributed by atoms with Gasteiger partial charge in [0, 0.05) is 14.0 Å². The molecular formula is C11H13N3O2. The van der Waals surface area contributed by atoms with Gasteiger partial charge in [-0.3, -0.25) is 4.68 Å². The van der Waals surface area contributed by atoms with Crippen molar-refractivity contribution in [1.82, 2.24) is 9.78 Å². The summed E-state index contributed by atoms with van der Waals surface area (Å²) < 4.78 is 6.57. The second-order valence-electron chi connectivity index (χ2n) is 3.58. The normalized spacial score (nSPS) is 17.8. The topological polar surface area (TPSA) is 56.5 Å². The van der Waals surface area contributed by atoms with Crippen molar-refractivity contribution in [2.45, 2.75) is 20.3 Å². The molecule has 2 heterocycles. The zero-order chi connectivity index (χ0) is 11.7. The lowest BCUT2D eigenvalue weighted by Crippen LogP contribution is -2.01. The Bertz CT molecular complexity index is 497. The van der Waals surface area contributed by atoms with Crippen molar-refractivity contribution >= 4 is 17.9 Å². The second-order valence-corrected chi connectivity index (χ2v) is 3.58. The van der Waals surface area contributed by atoms with E-state index in [0.717, 1.165) is 17.7 Å². The van der Waals surface area contributed by atoms with Crippen molar-refractivity contribution < 1.29 is 9.53 Å². The number of carbonyl (C=O) groups excluding carboxylic acids is 1. The van der Waals surface area contributed by atoms with Crippen molar-refractivity contribution in [2.75, 3.05) is 0 Å². The molecule has 2 rings (SSSR count). The van der Waals surface area contributed by atoms with Gasteiger partial charge in [-0.05, 0) is 18.1 Å². The molecule has 0 aliphatic carbocycles. The third kappa shape index (κ3) is 1.76. The molecule has 16 heavy (non-hydrogen) atoms. The van der Waals surface area contributed by atoms with E-state index in [2.05, 4.69) is 10.1 Å². The zero-order valence-corrected chi connectivity index (χ0v) is 9.52. The number of aromatic nitrogens is 2. The van der Waals surface area contributed by atoms with E-state index in [9.17, 15) is 4.79 Å². The maximum absolute atomic E-state index is 11.4. The van der Waals surface area contributed by atoms with Crippen LogP contribution >= 0.6 is 0 Å². The van der Waals surface area contributed by atoms with Crippen LogP contribution in [0.25, 0.3) is 6.08 Å². The SMILES string of the molecule is CCc1cnn(C)c1/C=C1\N=C(C)OC1=O. The lowest BCUT2D eigenvalue weighted by Gasteiger charge is -1.98. The highest BCUT2D eigenvalue weighted by Gasteiger charge is 2.20. The summed E-state index contributed by atoms with van der Waals surface area (Å²) in [7, 11) is 1.84. The van der Waals surface area contributed by atoms with E-state index in [1.54, 1.807) is 23.9 Å². The molecule has 1 aromatic heterocycles. The smallest absolute Gasteiger partial charge is 0.363 e. The summed E-state index contributed by atoms with van der Waals surface area (Å²) in [4.78, 5) is 15.4. The lowest BCUT2D eigenvalue weighted by atomic mass is 10.2. The average molecular weight is 219 g/mol. The Morgan fingerprint density at radius 1 is 1.56 bits per heavy atom. The number of hydrogen-bond acceptors (Lipinski definition) is 4. The van der Waals surface area contributed by atoms with Crippen molar-refractivity contribution in [3.05, 3.63) is 23.2 Å². The van der Waals surface area contributed by atoms with E-state index in [4.69, 9.17) is 4.74 Å². The molecule has 0 saturated heterocycles. The minimum Gasteiger partial charge on any atom is -0.407 e. The summed E-state index contributed by atoms with van der Waals surface area (Å²) in [5.41, 5.74) is 2.31. The van der Waals surface area contributed by atoms with Crippen molar-refractivity contribution in [3.8, 4) is 0 Å². The molecular weight excluding hydrogens is 206 g/mol. The molecule has 0 bridgehead atoms. The van der Waals surface area contributed by atoms with Crippen LogP contribution in [0.2, 0.25) is 0 Å². The van der Waals surface area contributed by atoms with Gasteiger partial charge in [0.1, 0.15) is 0 Å². The first-order valence-electron chi connectivity index (χ1n) is 5.12. The summed E-state index contributed by atoms with van der Waals surface area (Å²) in [6.07, 6.45) is 4.37. The fraction of sp³-hybridized carbons (Fsp3) is 0.364. The number of rotatable bonds is 2. The molecule has 5 heteroatoms. The van der Waals surface area contributed by atoms with Crippen LogP contribution in [0.3, 0.4) is 0 Å². The Balaban J connectivity index is 2.43. The highest BCUT2D eigenvalue weighted by molar-refractivity contribution is 6.06. The Morgan fingerprint density at radius 3 is 2.88 bits per heavy atom. The van der Waals surface area contributed by atoms with Gasteiger partial charge in [0.05, 0.1) is 11.9 Å². The molecule has 5 nitrogen and oxygen atoms in total. The predicted molar refractivity (Wildman–Crippen MR) is 59.8 cm³/mol. The second kappa shape index (κ2) is 3.92. The van der Waals surface area contributed by atoms with E-state index in [0.29, 0.717) is 11.6 Å². The van der Waals surface area contributed by atoms with Gasteiger partial charge in [0.15, 0.2) is 11.6 Å². The molecule has 0 radical (unpaired) electrons. The first-order valence-corrected chi connectivity index (χ1v) is 5.12. The Morgan fingerprint density at radius 2 is 2.31 bits per heavy atom. The fourth-order valence-corrected chi connectivity index (χ4v) is 1.60. The highest BCUT2D eigenvalue weighted by Crippen LogP contribution is 2.17. The number of aryl methyl sites for hydroxylation is 2. The Labute approximate surface area is 93.4 Å². The molecule has 1 aromatic rings. The maximum atomic E-state index is 11.4. The summed E-state index contributed by atoms with van der Waals surface area (Å²) >= 11 is 0. The number of esters is 1. The number of carbonyl (C=O) groups is 1. The van der Waals surface area contributed by atoms with Crippen LogP contribution in [-0.2, 0) is 23.0 Å². The minimum atomic E-state index is -0.402. The number of nitrogens with zero attached hydrogens (tertiary/aromatic N) is 3. The highest BCUT2D eigenvalue weighted by atomic mass is 16.6. The monoisotopic (exact) mass is 219 g/mol. The molecule has 1 aliphatic rings. The fourth-order valence-electron chi connectivity index (χ4n) is 1.60. The predicted octanol–water partition coefficient (Wildman–Crippen LogP) is 1.30.